The Kier molecular flexibility index (Phi) is 3.61. The molecule has 0 saturated carbocycles. The second-order valence-electron chi connectivity index (χ2n) is 2.73. The SMILES string of the molecule is CCC(OO)C(=O)c1ccccc1. The summed E-state index contributed by atoms with van der Waals surface area (Å²) in [5, 5.41) is 8.44. The van der Waals surface area contributed by atoms with Crippen molar-refractivity contribution < 1.29 is 14.9 Å². The molecular weight excluding hydrogens is 168 g/mol. The van der Waals surface area contributed by atoms with Crippen molar-refractivity contribution >= 4 is 5.78 Å². The number of Topliss-reactive ketones (excluding diaryl/α,β-unsaturated/α-hetero) is 1. The third kappa shape index (κ3) is 2.37. The van der Waals surface area contributed by atoms with E-state index in [0.29, 0.717) is 12.0 Å². The minimum Gasteiger partial charge on any atom is -0.291 e. The molecule has 1 unspecified atom stereocenters. The van der Waals surface area contributed by atoms with Crippen molar-refractivity contribution in [3.63, 3.8) is 0 Å². The van der Waals surface area contributed by atoms with Crippen LogP contribution in [-0.2, 0) is 4.89 Å². The van der Waals surface area contributed by atoms with Crippen molar-refractivity contribution in [3.05, 3.63) is 35.9 Å². The number of hydrogen-bond acceptors (Lipinski definition) is 3. The van der Waals surface area contributed by atoms with E-state index in [1.165, 1.54) is 0 Å². The van der Waals surface area contributed by atoms with E-state index in [1.54, 1.807) is 31.2 Å². The van der Waals surface area contributed by atoms with E-state index in [1.807, 2.05) is 6.07 Å². The van der Waals surface area contributed by atoms with E-state index in [-0.39, 0.29) is 5.78 Å². The van der Waals surface area contributed by atoms with Crippen LogP contribution in [-0.4, -0.2) is 17.1 Å². The Morgan fingerprint density at radius 1 is 1.46 bits per heavy atom. The fourth-order valence-electron chi connectivity index (χ4n) is 1.10. The summed E-state index contributed by atoms with van der Waals surface area (Å²) < 4.78 is 0. The van der Waals surface area contributed by atoms with Gasteiger partial charge in [-0.1, -0.05) is 37.3 Å². The molecule has 0 radical (unpaired) electrons. The summed E-state index contributed by atoms with van der Waals surface area (Å²) in [7, 11) is 0. The molecule has 70 valence electrons. The average molecular weight is 180 g/mol. The first-order valence-corrected chi connectivity index (χ1v) is 4.19. The third-order valence-electron chi connectivity index (χ3n) is 1.85. The van der Waals surface area contributed by atoms with E-state index in [0.717, 1.165) is 0 Å². The van der Waals surface area contributed by atoms with E-state index >= 15 is 0 Å². The molecule has 1 aromatic rings. The molecule has 1 aromatic carbocycles. The van der Waals surface area contributed by atoms with Crippen LogP contribution < -0.4 is 0 Å². The second kappa shape index (κ2) is 4.74. The lowest BCUT2D eigenvalue weighted by molar-refractivity contribution is -0.264. The van der Waals surface area contributed by atoms with Crippen molar-refractivity contribution in [1.82, 2.24) is 0 Å². The fraction of sp³-hybridized carbons (Fsp3) is 0.300. The third-order valence-corrected chi connectivity index (χ3v) is 1.85. The fourth-order valence-corrected chi connectivity index (χ4v) is 1.10. The maximum atomic E-state index is 11.5. The summed E-state index contributed by atoms with van der Waals surface area (Å²) in [4.78, 5) is 15.6. The van der Waals surface area contributed by atoms with Gasteiger partial charge in [-0.05, 0) is 6.42 Å². The summed E-state index contributed by atoms with van der Waals surface area (Å²) in [5.41, 5.74) is 0.559. The van der Waals surface area contributed by atoms with Gasteiger partial charge in [0.15, 0.2) is 11.9 Å². The highest BCUT2D eigenvalue weighted by molar-refractivity contribution is 5.99. The Balaban J connectivity index is 2.78. The topological polar surface area (TPSA) is 46.5 Å². The molecule has 13 heavy (non-hydrogen) atoms. The van der Waals surface area contributed by atoms with Gasteiger partial charge in [0, 0.05) is 5.56 Å². The Hall–Kier alpha value is -1.19. The summed E-state index contributed by atoms with van der Waals surface area (Å²) in [6.45, 7) is 1.78. The van der Waals surface area contributed by atoms with Crippen LogP contribution >= 0.6 is 0 Å². The second-order valence-corrected chi connectivity index (χ2v) is 2.73. The number of carbonyl (C=O) groups excluding carboxylic acids is 1. The first kappa shape index (κ1) is 9.89. The van der Waals surface area contributed by atoms with Crippen LogP contribution in [0, 0.1) is 0 Å². The van der Waals surface area contributed by atoms with Crippen LogP contribution in [0.4, 0.5) is 0 Å². The Morgan fingerprint density at radius 3 is 2.54 bits per heavy atom. The lowest BCUT2D eigenvalue weighted by Crippen LogP contribution is -2.22. The maximum absolute atomic E-state index is 11.5. The molecular formula is C10H12O3. The van der Waals surface area contributed by atoms with Gasteiger partial charge >= 0.3 is 0 Å². The van der Waals surface area contributed by atoms with Crippen LogP contribution in [0.15, 0.2) is 30.3 Å². The molecule has 1 N–H and O–H groups in total. The Morgan fingerprint density at radius 2 is 2.08 bits per heavy atom. The highest BCUT2D eigenvalue weighted by atomic mass is 17.1. The lowest BCUT2D eigenvalue weighted by Gasteiger charge is -2.08. The van der Waals surface area contributed by atoms with Crippen molar-refractivity contribution in [1.29, 1.82) is 0 Å². The van der Waals surface area contributed by atoms with Gasteiger partial charge in [0.2, 0.25) is 0 Å². The summed E-state index contributed by atoms with van der Waals surface area (Å²) in [5.74, 6) is -0.189. The zero-order valence-electron chi connectivity index (χ0n) is 7.43. The van der Waals surface area contributed by atoms with Crippen LogP contribution in [0.25, 0.3) is 0 Å². The van der Waals surface area contributed by atoms with Crippen LogP contribution in [0.2, 0.25) is 0 Å². The highest BCUT2D eigenvalue weighted by Crippen LogP contribution is 2.07. The molecule has 0 saturated heterocycles. The van der Waals surface area contributed by atoms with E-state index in [9.17, 15) is 4.79 Å². The molecule has 0 aliphatic carbocycles. The molecule has 0 aromatic heterocycles. The van der Waals surface area contributed by atoms with Gasteiger partial charge in [0.25, 0.3) is 0 Å². The quantitative estimate of drug-likeness (QED) is 0.438. The molecule has 3 heteroatoms. The van der Waals surface area contributed by atoms with E-state index in [2.05, 4.69) is 4.89 Å². The Labute approximate surface area is 76.9 Å². The number of carbonyl (C=O) groups is 1. The van der Waals surface area contributed by atoms with Gasteiger partial charge in [-0.3, -0.25) is 10.1 Å². The first-order chi connectivity index (χ1) is 6.29. The van der Waals surface area contributed by atoms with Gasteiger partial charge in [-0.25, -0.2) is 4.89 Å². The standard InChI is InChI=1S/C10H12O3/c1-2-9(13-12)10(11)8-6-4-3-5-7-8/h3-7,9,12H,2H2,1H3. The van der Waals surface area contributed by atoms with Crippen LogP contribution in [0.5, 0.6) is 0 Å². The molecule has 0 aliphatic rings. The zero-order valence-corrected chi connectivity index (χ0v) is 7.43. The van der Waals surface area contributed by atoms with Crippen molar-refractivity contribution in [2.45, 2.75) is 19.4 Å². The van der Waals surface area contributed by atoms with Crippen molar-refractivity contribution in [3.8, 4) is 0 Å². The molecule has 0 spiro atoms. The predicted molar refractivity (Wildman–Crippen MR) is 48.6 cm³/mol. The van der Waals surface area contributed by atoms with Gasteiger partial charge in [-0.15, -0.1) is 0 Å². The number of hydrogen-bond donors (Lipinski definition) is 1. The largest absolute Gasteiger partial charge is 0.291 e. The molecule has 3 nitrogen and oxygen atoms in total. The average Bonchev–Trinajstić information content (AvgIpc) is 2.21. The molecule has 0 fully saturated rings. The maximum Gasteiger partial charge on any atom is 0.194 e. The minimum absolute atomic E-state index is 0.189. The van der Waals surface area contributed by atoms with Gasteiger partial charge < -0.3 is 0 Å². The monoisotopic (exact) mass is 180 g/mol. The van der Waals surface area contributed by atoms with Crippen molar-refractivity contribution in [2.75, 3.05) is 0 Å². The minimum atomic E-state index is -0.748. The van der Waals surface area contributed by atoms with Gasteiger partial charge in [0.05, 0.1) is 0 Å². The highest BCUT2D eigenvalue weighted by Gasteiger charge is 2.18. The smallest absolute Gasteiger partial charge is 0.194 e. The number of benzene rings is 1. The normalized spacial score (nSPS) is 12.5. The van der Waals surface area contributed by atoms with Gasteiger partial charge in [-0.2, -0.15) is 0 Å². The molecule has 0 bridgehead atoms. The van der Waals surface area contributed by atoms with Crippen LogP contribution in [0.1, 0.15) is 23.7 Å². The van der Waals surface area contributed by atoms with E-state index < -0.39 is 6.10 Å². The molecule has 1 rings (SSSR count). The zero-order chi connectivity index (χ0) is 9.68. The summed E-state index contributed by atoms with van der Waals surface area (Å²) in [6, 6.07) is 8.78. The Bertz CT molecular complexity index is 265. The number of rotatable bonds is 4. The van der Waals surface area contributed by atoms with E-state index in [4.69, 9.17) is 5.26 Å². The van der Waals surface area contributed by atoms with Gasteiger partial charge in [0.1, 0.15) is 0 Å². The van der Waals surface area contributed by atoms with Crippen LogP contribution in [0.3, 0.4) is 0 Å². The molecule has 0 aliphatic heterocycles. The molecule has 1 atom stereocenters. The summed E-state index contributed by atoms with van der Waals surface area (Å²) in [6.07, 6.45) is -0.285. The predicted octanol–water partition coefficient (Wildman–Crippen LogP) is 2.14. The number of ketones is 1. The molecule has 0 amide bonds. The summed E-state index contributed by atoms with van der Waals surface area (Å²) >= 11 is 0. The lowest BCUT2D eigenvalue weighted by atomic mass is 10.1. The first-order valence-electron chi connectivity index (χ1n) is 4.19. The molecule has 0 heterocycles. The van der Waals surface area contributed by atoms with Crippen molar-refractivity contribution in [2.24, 2.45) is 0 Å².